The molecule has 1 aliphatic heterocycles. The number of carbonyl (C=O) groups is 1. The smallest absolute Gasteiger partial charge is 0.231 e. The monoisotopic (exact) mass is 272 g/mol. The first-order valence-electron chi connectivity index (χ1n) is 7.47. The molecule has 2 N–H and O–H groups in total. The highest BCUT2D eigenvalue weighted by atomic mass is 16.2. The average molecular weight is 272 g/mol. The number of hydrogen-bond acceptors (Lipinski definition) is 2. The lowest BCUT2D eigenvalue weighted by Gasteiger charge is -2.31. The molecule has 0 saturated heterocycles. The molecule has 108 valence electrons. The Labute approximate surface area is 121 Å². The molecule has 0 bridgehead atoms. The van der Waals surface area contributed by atoms with E-state index in [0.29, 0.717) is 0 Å². The van der Waals surface area contributed by atoms with Gasteiger partial charge in [-0.1, -0.05) is 33.8 Å². The molecule has 1 heterocycles. The first-order chi connectivity index (χ1) is 9.28. The summed E-state index contributed by atoms with van der Waals surface area (Å²) in [5, 5.41) is 0. The maximum atomic E-state index is 13.0. The molecular weight excluding hydrogens is 248 g/mol. The van der Waals surface area contributed by atoms with Crippen molar-refractivity contribution in [3.05, 3.63) is 23.8 Å². The third-order valence-corrected chi connectivity index (χ3v) is 5.82. The van der Waals surface area contributed by atoms with E-state index in [1.165, 1.54) is 0 Å². The molecule has 3 heteroatoms. The first kappa shape index (κ1) is 13.5. The standard InChI is InChI=1S/C17H24N2O/c1-16(2)14(17(16,3)4)15(20)19-10-6-7-11-12(18)8-5-9-13(11)19/h5,8-9,14H,6-7,10,18H2,1-4H3. The van der Waals surface area contributed by atoms with Crippen LogP contribution in [0.4, 0.5) is 11.4 Å². The van der Waals surface area contributed by atoms with Crippen LogP contribution in [0, 0.1) is 16.7 Å². The minimum Gasteiger partial charge on any atom is -0.398 e. The number of amides is 1. The Bertz CT molecular complexity index is 560. The van der Waals surface area contributed by atoms with Crippen LogP contribution < -0.4 is 10.6 Å². The van der Waals surface area contributed by atoms with Crippen LogP contribution in [0.3, 0.4) is 0 Å². The highest BCUT2D eigenvalue weighted by Crippen LogP contribution is 2.69. The molecule has 0 unspecified atom stereocenters. The molecule has 0 radical (unpaired) electrons. The molecule has 3 nitrogen and oxygen atoms in total. The Morgan fingerprint density at radius 3 is 2.50 bits per heavy atom. The second-order valence-corrected chi connectivity index (χ2v) is 7.31. The van der Waals surface area contributed by atoms with Crippen molar-refractivity contribution in [3.8, 4) is 0 Å². The van der Waals surface area contributed by atoms with Crippen molar-refractivity contribution in [1.29, 1.82) is 0 Å². The molecule has 1 fully saturated rings. The Hall–Kier alpha value is -1.51. The number of hydrogen-bond donors (Lipinski definition) is 1. The number of nitrogens with two attached hydrogens (primary N) is 1. The van der Waals surface area contributed by atoms with Gasteiger partial charge >= 0.3 is 0 Å². The van der Waals surface area contributed by atoms with Crippen LogP contribution in [-0.4, -0.2) is 12.5 Å². The van der Waals surface area contributed by atoms with Crippen LogP contribution in [0.5, 0.6) is 0 Å². The molecule has 0 atom stereocenters. The topological polar surface area (TPSA) is 46.3 Å². The number of carbonyl (C=O) groups excluding carboxylic acids is 1. The summed E-state index contributed by atoms with van der Waals surface area (Å²) in [7, 11) is 0. The van der Waals surface area contributed by atoms with E-state index in [1.54, 1.807) is 0 Å². The van der Waals surface area contributed by atoms with Gasteiger partial charge in [0.2, 0.25) is 5.91 Å². The molecule has 2 aliphatic rings. The number of anilines is 2. The van der Waals surface area contributed by atoms with Gasteiger partial charge in [-0.25, -0.2) is 0 Å². The quantitative estimate of drug-likeness (QED) is 0.798. The molecule has 1 amide bonds. The first-order valence-corrected chi connectivity index (χ1v) is 7.47. The second-order valence-electron chi connectivity index (χ2n) is 7.31. The zero-order chi connectivity index (χ0) is 14.7. The van der Waals surface area contributed by atoms with Gasteiger partial charge in [-0.05, 0) is 41.4 Å². The third kappa shape index (κ3) is 1.62. The summed E-state index contributed by atoms with van der Waals surface area (Å²) < 4.78 is 0. The molecule has 20 heavy (non-hydrogen) atoms. The Kier molecular flexibility index (Phi) is 2.69. The summed E-state index contributed by atoms with van der Waals surface area (Å²) in [5.41, 5.74) is 9.22. The lowest BCUT2D eigenvalue weighted by molar-refractivity contribution is -0.121. The van der Waals surface area contributed by atoms with Crippen LogP contribution in [0.1, 0.15) is 39.7 Å². The van der Waals surface area contributed by atoms with Gasteiger partial charge in [-0.15, -0.1) is 0 Å². The minimum absolute atomic E-state index is 0.0853. The number of nitrogen functional groups attached to an aromatic ring is 1. The molecule has 0 spiro atoms. The number of nitrogens with zero attached hydrogens (tertiary/aromatic N) is 1. The Morgan fingerprint density at radius 1 is 1.25 bits per heavy atom. The molecule has 3 rings (SSSR count). The fourth-order valence-electron chi connectivity index (χ4n) is 3.85. The van der Waals surface area contributed by atoms with Crippen LogP contribution in [0.2, 0.25) is 0 Å². The molecular formula is C17H24N2O. The van der Waals surface area contributed by atoms with Crippen molar-refractivity contribution in [2.45, 2.75) is 40.5 Å². The van der Waals surface area contributed by atoms with E-state index in [1.807, 2.05) is 23.1 Å². The summed E-state index contributed by atoms with van der Waals surface area (Å²) in [5.74, 6) is 0.383. The van der Waals surface area contributed by atoms with E-state index < -0.39 is 0 Å². The van der Waals surface area contributed by atoms with Crippen molar-refractivity contribution in [2.75, 3.05) is 17.2 Å². The zero-order valence-electron chi connectivity index (χ0n) is 12.9. The van der Waals surface area contributed by atoms with Gasteiger partial charge < -0.3 is 10.6 Å². The maximum Gasteiger partial charge on any atom is 0.231 e. The third-order valence-electron chi connectivity index (χ3n) is 5.82. The van der Waals surface area contributed by atoms with Crippen LogP contribution in [0.25, 0.3) is 0 Å². The van der Waals surface area contributed by atoms with Gasteiger partial charge in [0.15, 0.2) is 0 Å². The van der Waals surface area contributed by atoms with Gasteiger partial charge in [-0.2, -0.15) is 0 Å². The zero-order valence-corrected chi connectivity index (χ0v) is 12.9. The SMILES string of the molecule is CC1(C)C(C(=O)N2CCCc3c(N)cccc32)C1(C)C. The van der Waals surface area contributed by atoms with Crippen LogP contribution in [-0.2, 0) is 11.2 Å². The van der Waals surface area contributed by atoms with Crippen molar-refractivity contribution in [3.63, 3.8) is 0 Å². The van der Waals surface area contributed by atoms with Crippen molar-refractivity contribution < 1.29 is 4.79 Å². The van der Waals surface area contributed by atoms with Crippen molar-refractivity contribution in [1.82, 2.24) is 0 Å². The van der Waals surface area contributed by atoms with Gasteiger partial charge in [0.05, 0.1) is 0 Å². The lowest BCUT2D eigenvalue weighted by atomic mass is 9.98. The normalized spacial score (nSPS) is 23.3. The Morgan fingerprint density at radius 2 is 1.90 bits per heavy atom. The van der Waals surface area contributed by atoms with Gasteiger partial charge in [0.1, 0.15) is 0 Å². The fraction of sp³-hybridized carbons (Fsp3) is 0.588. The summed E-state index contributed by atoms with van der Waals surface area (Å²) in [4.78, 5) is 14.9. The molecule has 0 aromatic heterocycles. The van der Waals surface area contributed by atoms with Crippen LogP contribution >= 0.6 is 0 Å². The molecule has 1 aromatic carbocycles. The van der Waals surface area contributed by atoms with E-state index in [2.05, 4.69) is 27.7 Å². The van der Waals surface area contributed by atoms with E-state index in [9.17, 15) is 4.79 Å². The fourth-order valence-corrected chi connectivity index (χ4v) is 3.85. The largest absolute Gasteiger partial charge is 0.398 e. The van der Waals surface area contributed by atoms with E-state index in [4.69, 9.17) is 5.73 Å². The van der Waals surface area contributed by atoms with E-state index in [-0.39, 0.29) is 22.7 Å². The predicted octanol–water partition coefficient (Wildman–Crippen LogP) is 3.23. The summed E-state index contributed by atoms with van der Waals surface area (Å²) in [6, 6.07) is 5.91. The van der Waals surface area contributed by atoms with Gasteiger partial charge in [-0.3, -0.25) is 4.79 Å². The minimum atomic E-state index is 0.0853. The summed E-state index contributed by atoms with van der Waals surface area (Å²) in [6.07, 6.45) is 1.98. The summed E-state index contributed by atoms with van der Waals surface area (Å²) in [6.45, 7) is 9.59. The van der Waals surface area contributed by atoms with Crippen molar-refractivity contribution >= 4 is 17.3 Å². The van der Waals surface area contributed by atoms with E-state index >= 15 is 0 Å². The van der Waals surface area contributed by atoms with Gasteiger partial charge in [0, 0.05) is 23.8 Å². The number of rotatable bonds is 1. The lowest BCUT2D eigenvalue weighted by Crippen LogP contribution is -2.38. The molecule has 1 aliphatic carbocycles. The van der Waals surface area contributed by atoms with Crippen molar-refractivity contribution in [2.24, 2.45) is 16.7 Å². The predicted molar refractivity (Wildman–Crippen MR) is 82.6 cm³/mol. The highest BCUT2D eigenvalue weighted by molar-refractivity contribution is 5.99. The number of fused-ring (bicyclic) bond motifs is 1. The molecule has 1 aromatic rings. The van der Waals surface area contributed by atoms with E-state index in [0.717, 1.165) is 36.3 Å². The molecule has 1 saturated carbocycles. The maximum absolute atomic E-state index is 13.0. The van der Waals surface area contributed by atoms with Gasteiger partial charge in [0.25, 0.3) is 0 Å². The number of benzene rings is 1. The second kappa shape index (κ2) is 4.00. The Balaban J connectivity index is 1.95. The average Bonchev–Trinajstić information content (AvgIpc) is 2.79. The highest BCUT2D eigenvalue weighted by Gasteiger charge is 2.69. The van der Waals surface area contributed by atoms with Crippen LogP contribution in [0.15, 0.2) is 18.2 Å². The summed E-state index contributed by atoms with van der Waals surface area (Å²) >= 11 is 0.